The Kier molecular flexibility index (Phi) is 16.3. The summed E-state index contributed by atoms with van der Waals surface area (Å²) in [5.41, 5.74) is 2.60. The molecule has 4 aromatic rings. The van der Waals surface area contributed by atoms with Crippen LogP contribution in [0.2, 0.25) is 0 Å². The number of thiophene rings is 1. The van der Waals surface area contributed by atoms with Crippen molar-refractivity contribution in [1.29, 1.82) is 0 Å². The highest BCUT2D eigenvalue weighted by molar-refractivity contribution is 7.09. The molecule has 3 aromatic carbocycles. The van der Waals surface area contributed by atoms with Gasteiger partial charge in [0.05, 0.1) is 6.42 Å². The standard InChI is InChI=1S/C43H49N5O9S/c1-5-37(50)45-34(24-32-12-9-21-58-32)40(53)46-33(22-27-13-17-30(18-14-27)29-10-7-6-8-11-29)39(52)47-35(25-38(51)57-43(2,3)4)41(54)48-36(42(55)56)23-28-15-19-31(20-16-28)44-26-49/h6-21,26,33-36H,5,22-25H2,1-4H3,(H,44,49)(H,45,50)(H,46,53)(H,47,52)(H,48,54)(H,55,56)/t33-,34+,35+,36-/m0/s1. The van der Waals surface area contributed by atoms with Gasteiger partial charge in [-0.15, -0.1) is 11.3 Å². The van der Waals surface area contributed by atoms with E-state index < -0.39 is 65.8 Å². The average molecular weight is 812 g/mol. The lowest BCUT2D eigenvalue weighted by atomic mass is 9.99. The van der Waals surface area contributed by atoms with Crippen LogP contribution >= 0.6 is 11.3 Å². The largest absolute Gasteiger partial charge is 0.480 e. The lowest BCUT2D eigenvalue weighted by Gasteiger charge is -2.27. The molecule has 0 saturated heterocycles. The third-order valence-corrected chi connectivity index (χ3v) is 9.65. The number of carboxylic acid groups (broad SMARTS) is 1. The molecule has 0 aliphatic rings. The van der Waals surface area contributed by atoms with Crippen molar-refractivity contribution >= 4 is 59.0 Å². The number of ether oxygens (including phenoxy) is 1. The molecule has 4 rings (SSSR count). The first-order valence-electron chi connectivity index (χ1n) is 18.7. The van der Waals surface area contributed by atoms with Crippen LogP contribution in [-0.4, -0.2) is 76.9 Å². The van der Waals surface area contributed by atoms with Crippen molar-refractivity contribution in [2.75, 3.05) is 5.32 Å². The average Bonchev–Trinajstić information content (AvgIpc) is 3.70. The van der Waals surface area contributed by atoms with Gasteiger partial charge in [-0.25, -0.2) is 4.79 Å². The summed E-state index contributed by atoms with van der Waals surface area (Å²) in [6.45, 7) is 6.55. The maximum Gasteiger partial charge on any atom is 0.326 e. The highest BCUT2D eigenvalue weighted by Crippen LogP contribution is 2.20. The monoisotopic (exact) mass is 811 g/mol. The molecule has 1 aromatic heterocycles. The Balaban J connectivity index is 1.63. The highest BCUT2D eigenvalue weighted by atomic mass is 32.1. The second kappa shape index (κ2) is 21.3. The Morgan fingerprint density at radius 2 is 1.21 bits per heavy atom. The van der Waals surface area contributed by atoms with E-state index in [0.717, 1.165) is 16.0 Å². The predicted molar refractivity (Wildman–Crippen MR) is 220 cm³/mol. The summed E-state index contributed by atoms with van der Waals surface area (Å²) < 4.78 is 5.45. The van der Waals surface area contributed by atoms with Crippen LogP contribution in [-0.2, 0) is 57.6 Å². The number of carbonyl (C=O) groups is 7. The summed E-state index contributed by atoms with van der Waals surface area (Å²) in [4.78, 5) is 91.7. The van der Waals surface area contributed by atoms with Gasteiger partial charge in [0.25, 0.3) is 0 Å². The molecule has 306 valence electrons. The summed E-state index contributed by atoms with van der Waals surface area (Å²) >= 11 is 1.41. The van der Waals surface area contributed by atoms with Gasteiger partial charge in [-0.3, -0.25) is 28.8 Å². The number of amides is 5. The first-order chi connectivity index (χ1) is 27.6. The molecular weight excluding hydrogens is 763 g/mol. The third-order valence-electron chi connectivity index (χ3n) is 8.75. The Labute approximate surface area is 341 Å². The normalized spacial score (nSPS) is 13.1. The number of aliphatic carboxylic acids is 1. The van der Waals surface area contributed by atoms with Gasteiger partial charge in [0, 0.05) is 36.2 Å². The fourth-order valence-electron chi connectivity index (χ4n) is 5.86. The van der Waals surface area contributed by atoms with Crippen LogP contribution < -0.4 is 26.6 Å². The van der Waals surface area contributed by atoms with Gasteiger partial charge < -0.3 is 36.4 Å². The molecular formula is C43H49N5O9S. The van der Waals surface area contributed by atoms with Crippen molar-refractivity contribution in [3.05, 3.63) is 112 Å². The SMILES string of the molecule is CCC(=O)N[C@H](Cc1cccs1)C(=O)N[C@@H](Cc1ccc(-c2ccccc2)cc1)C(=O)N[C@H](CC(=O)OC(C)(C)C)C(=O)N[C@@H](Cc1ccc(NC=O)cc1)C(=O)O. The third kappa shape index (κ3) is 14.3. The van der Waals surface area contributed by atoms with Gasteiger partial charge in [-0.05, 0) is 66.6 Å². The first kappa shape index (κ1) is 44.4. The van der Waals surface area contributed by atoms with Gasteiger partial charge in [0.15, 0.2) is 0 Å². The molecule has 15 heteroatoms. The smallest absolute Gasteiger partial charge is 0.326 e. The molecule has 0 fully saturated rings. The molecule has 4 atom stereocenters. The molecule has 0 aliphatic heterocycles. The van der Waals surface area contributed by atoms with E-state index in [1.54, 1.807) is 64.1 Å². The van der Waals surface area contributed by atoms with E-state index in [-0.39, 0.29) is 31.6 Å². The summed E-state index contributed by atoms with van der Waals surface area (Å²) in [7, 11) is 0. The van der Waals surface area contributed by atoms with E-state index in [1.807, 2.05) is 60.0 Å². The number of hydrogen-bond acceptors (Lipinski definition) is 9. The Morgan fingerprint density at radius 3 is 1.76 bits per heavy atom. The van der Waals surface area contributed by atoms with E-state index in [4.69, 9.17) is 4.74 Å². The molecule has 58 heavy (non-hydrogen) atoms. The van der Waals surface area contributed by atoms with Gasteiger partial charge in [0.1, 0.15) is 29.8 Å². The van der Waals surface area contributed by atoms with E-state index in [2.05, 4.69) is 26.6 Å². The Bertz CT molecular complexity index is 2020. The Morgan fingerprint density at radius 1 is 0.672 bits per heavy atom. The van der Waals surface area contributed by atoms with Crippen molar-refractivity contribution < 1.29 is 43.4 Å². The number of benzene rings is 3. The number of nitrogens with one attached hydrogen (secondary N) is 5. The zero-order chi connectivity index (χ0) is 42.2. The predicted octanol–water partition coefficient (Wildman–Crippen LogP) is 4.18. The molecule has 0 saturated carbocycles. The second-order valence-corrected chi connectivity index (χ2v) is 15.5. The quantitative estimate of drug-likeness (QED) is 0.0558. The van der Waals surface area contributed by atoms with Crippen LogP contribution in [0.5, 0.6) is 0 Å². The summed E-state index contributed by atoms with van der Waals surface area (Å²) in [6, 6.07) is 21.5. The van der Waals surface area contributed by atoms with Crippen molar-refractivity contribution in [3.8, 4) is 11.1 Å². The van der Waals surface area contributed by atoms with Crippen molar-refractivity contribution in [2.24, 2.45) is 0 Å². The number of hydrogen-bond donors (Lipinski definition) is 6. The van der Waals surface area contributed by atoms with Crippen molar-refractivity contribution in [3.63, 3.8) is 0 Å². The molecule has 0 radical (unpaired) electrons. The topological polar surface area (TPSA) is 209 Å². The second-order valence-electron chi connectivity index (χ2n) is 14.5. The van der Waals surface area contributed by atoms with Crippen LogP contribution in [0.15, 0.2) is 96.4 Å². The molecule has 0 bridgehead atoms. The maximum absolute atomic E-state index is 14.3. The minimum Gasteiger partial charge on any atom is -0.480 e. The maximum atomic E-state index is 14.3. The summed E-state index contributed by atoms with van der Waals surface area (Å²) in [6.07, 6.45) is -0.0950. The van der Waals surface area contributed by atoms with Gasteiger partial charge in [-0.1, -0.05) is 79.7 Å². The van der Waals surface area contributed by atoms with E-state index in [1.165, 1.54) is 11.3 Å². The molecule has 0 unspecified atom stereocenters. The van der Waals surface area contributed by atoms with Gasteiger partial charge in [-0.2, -0.15) is 0 Å². The van der Waals surface area contributed by atoms with E-state index >= 15 is 0 Å². The van der Waals surface area contributed by atoms with Crippen molar-refractivity contribution in [2.45, 2.75) is 89.6 Å². The van der Waals surface area contributed by atoms with Crippen LogP contribution in [0.3, 0.4) is 0 Å². The van der Waals surface area contributed by atoms with Crippen LogP contribution in [0, 0.1) is 0 Å². The number of esters is 1. The van der Waals surface area contributed by atoms with Crippen LogP contribution in [0.4, 0.5) is 5.69 Å². The lowest BCUT2D eigenvalue weighted by molar-refractivity contribution is -0.156. The van der Waals surface area contributed by atoms with Crippen LogP contribution in [0.1, 0.15) is 56.5 Å². The van der Waals surface area contributed by atoms with Crippen molar-refractivity contribution in [1.82, 2.24) is 21.3 Å². The minimum atomic E-state index is -1.62. The molecule has 1 heterocycles. The molecule has 5 amide bonds. The lowest BCUT2D eigenvalue weighted by Crippen LogP contribution is -2.59. The van der Waals surface area contributed by atoms with Gasteiger partial charge in [0.2, 0.25) is 30.0 Å². The number of anilines is 1. The fourth-order valence-corrected chi connectivity index (χ4v) is 6.61. The number of rotatable bonds is 20. The first-order valence-corrected chi connectivity index (χ1v) is 19.6. The summed E-state index contributed by atoms with van der Waals surface area (Å²) in [5.74, 6) is -5.05. The molecule has 0 aliphatic carbocycles. The van der Waals surface area contributed by atoms with Gasteiger partial charge >= 0.3 is 11.9 Å². The molecule has 14 nitrogen and oxygen atoms in total. The minimum absolute atomic E-state index is 0.0480. The van der Waals surface area contributed by atoms with Crippen LogP contribution in [0.25, 0.3) is 11.1 Å². The zero-order valence-corrected chi connectivity index (χ0v) is 33.6. The fraction of sp³-hybridized carbons (Fsp3) is 0.326. The molecule has 6 N–H and O–H groups in total. The Hall–Kier alpha value is -6.35. The molecule has 0 spiro atoms. The number of carbonyl (C=O) groups excluding carboxylic acids is 6. The van der Waals surface area contributed by atoms with E-state index in [9.17, 15) is 38.7 Å². The zero-order valence-electron chi connectivity index (χ0n) is 32.8. The summed E-state index contributed by atoms with van der Waals surface area (Å²) in [5, 5.41) is 24.9. The highest BCUT2D eigenvalue weighted by Gasteiger charge is 2.34. The number of carboxylic acids is 1. The van der Waals surface area contributed by atoms with E-state index in [0.29, 0.717) is 23.2 Å².